The molecule has 0 aliphatic heterocycles. The molecule has 0 atom stereocenters. The van der Waals surface area contributed by atoms with E-state index in [9.17, 15) is 0 Å². The predicted octanol–water partition coefficient (Wildman–Crippen LogP) is 1.80. The van der Waals surface area contributed by atoms with Crippen LogP contribution in [0.25, 0.3) is 22.3 Å². The van der Waals surface area contributed by atoms with Gasteiger partial charge in [0.05, 0.1) is 11.2 Å². The van der Waals surface area contributed by atoms with Crippen LogP contribution in [0.15, 0.2) is 35.2 Å². The van der Waals surface area contributed by atoms with Gasteiger partial charge in [0.2, 0.25) is 0 Å². The van der Waals surface area contributed by atoms with E-state index in [2.05, 4.69) is 15.1 Å². The molecule has 3 rings (SSSR count). The Morgan fingerprint density at radius 1 is 1.33 bits per heavy atom. The van der Waals surface area contributed by atoms with E-state index in [1.54, 1.807) is 12.3 Å². The van der Waals surface area contributed by atoms with E-state index in [4.69, 9.17) is 10.3 Å². The topological polar surface area (TPSA) is 80.7 Å². The second kappa shape index (κ2) is 2.84. The second-order valence-corrected chi connectivity index (χ2v) is 3.23. The molecule has 3 heterocycles. The highest BCUT2D eigenvalue weighted by atomic mass is 16.5. The maximum atomic E-state index is 5.75. The summed E-state index contributed by atoms with van der Waals surface area (Å²) in [5.41, 5.74) is 8.32. The molecule has 0 amide bonds. The molecule has 5 nitrogen and oxygen atoms in total. The number of pyridine rings is 1. The number of aromatic amines is 1. The van der Waals surface area contributed by atoms with Gasteiger partial charge in [-0.05, 0) is 12.1 Å². The van der Waals surface area contributed by atoms with Crippen LogP contribution in [0.5, 0.6) is 0 Å². The van der Waals surface area contributed by atoms with E-state index in [-0.39, 0.29) is 0 Å². The van der Waals surface area contributed by atoms with E-state index >= 15 is 0 Å². The number of aromatic nitrogens is 3. The number of nitrogens with one attached hydrogen (secondary N) is 1. The van der Waals surface area contributed by atoms with Crippen molar-refractivity contribution in [3.8, 4) is 11.4 Å². The Balaban J connectivity index is 2.27. The number of nitrogens with two attached hydrogens (primary N) is 1. The molecule has 3 N–H and O–H groups in total. The van der Waals surface area contributed by atoms with Gasteiger partial charge in [0.15, 0.2) is 0 Å². The van der Waals surface area contributed by atoms with Gasteiger partial charge < -0.3 is 15.2 Å². The normalized spacial score (nSPS) is 10.9. The maximum Gasteiger partial charge on any atom is 0.132 e. The van der Waals surface area contributed by atoms with Crippen molar-refractivity contribution in [3.05, 3.63) is 30.7 Å². The lowest BCUT2D eigenvalue weighted by molar-refractivity contribution is 0.422. The molecule has 0 aromatic carbocycles. The van der Waals surface area contributed by atoms with Crippen LogP contribution in [0, 0.1) is 0 Å². The molecule has 74 valence electrons. The summed E-state index contributed by atoms with van der Waals surface area (Å²) < 4.78 is 4.78. The summed E-state index contributed by atoms with van der Waals surface area (Å²) >= 11 is 0. The zero-order valence-corrected chi connectivity index (χ0v) is 7.77. The van der Waals surface area contributed by atoms with Crippen molar-refractivity contribution in [2.45, 2.75) is 0 Å². The third kappa shape index (κ3) is 1.17. The highest BCUT2D eigenvalue weighted by Crippen LogP contribution is 2.25. The lowest BCUT2D eigenvalue weighted by Gasteiger charge is -1.91. The highest BCUT2D eigenvalue weighted by molar-refractivity contribution is 5.92. The first-order valence-electron chi connectivity index (χ1n) is 4.48. The van der Waals surface area contributed by atoms with Crippen molar-refractivity contribution in [2.24, 2.45) is 0 Å². The van der Waals surface area contributed by atoms with Crippen LogP contribution in [-0.4, -0.2) is 15.1 Å². The van der Waals surface area contributed by atoms with Crippen LogP contribution in [0.2, 0.25) is 0 Å². The Hall–Kier alpha value is -2.30. The minimum atomic E-state index is 0.512. The van der Waals surface area contributed by atoms with Gasteiger partial charge in [-0.15, -0.1) is 0 Å². The van der Waals surface area contributed by atoms with E-state index < -0.39 is 0 Å². The summed E-state index contributed by atoms with van der Waals surface area (Å²) in [6, 6.07) is 5.57. The van der Waals surface area contributed by atoms with Gasteiger partial charge in [-0.1, -0.05) is 5.16 Å². The zero-order valence-electron chi connectivity index (χ0n) is 7.77. The van der Waals surface area contributed by atoms with Crippen LogP contribution in [0.1, 0.15) is 0 Å². The average Bonchev–Trinajstić information content (AvgIpc) is 2.86. The predicted molar refractivity (Wildman–Crippen MR) is 56.0 cm³/mol. The van der Waals surface area contributed by atoms with Gasteiger partial charge >= 0.3 is 0 Å². The third-order valence-corrected chi connectivity index (χ3v) is 2.29. The number of rotatable bonds is 1. The van der Waals surface area contributed by atoms with Crippen molar-refractivity contribution < 1.29 is 4.52 Å². The number of anilines is 1. The van der Waals surface area contributed by atoms with Gasteiger partial charge in [0, 0.05) is 17.6 Å². The molecule has 3 aromatic heterocycles. The molecule has 0 radical (unpaired) electrons. The molecule has 0 unspecified atom stereocenters. The Morgan fingerprint density at radius 2 is 2.27 bits per heavy atom. The second-order valence-electron chi connectivity index (χ2n) is 3.23. The smallest absolute Gasteiger partial charge is 0.132 e. The number of fused-ring (bicyclic) bond motifs is 1. The first kappa shape index (κ1) is 8.05. The van der Waals surface area contributed by atoms with Gasteiger partial charge in [-0.3, -0.25) is 0 Å². The van der Waals surface area contributed by atoms with Crippen molar-refractivity contribution in [1.82, 2.24) is 15.1 Å². The molecule has 0 aliphatic carbocycles. The standard InChI is InChI=1S/C10H8N4O/c11-10-6-5-9(8-2-4-15-14-8)13-7(6)1-3-12-10/h1-5,13H,(H2,11,12). The molecule has 0 saturated carbocycles. The first-order valence-corrected chi connectivity index (χ1v) is 4.48. The van der Waals surface area contributed by atoms with Gasteiger partial charge in [0.1, 0.15) is 17.8 Å². The molecular weight excluding hydrogens is 192 g/mol. The number of hydrogen-bond acceptors (Lipinski definition) is 4. The summed E-state index contributed by atoms with van der Waals surface area (Å²) in [5.74, 6) is 0.512. The minimum absolute atomic E-state index is 0.512. The number of H-pyrrole nitrogens is 1. The van der Waals surface area contributed by atoms with Crippen LogP contribution in [0.3, 0.4) is 0 Å². The van der Waals surface area contributed by atoms with E-state index in [1.807, 2.05) is 12.1 Å². The van der Waals surface area contributed by atoms with Crippen molar-refractivity contribution >= 4 is 16.7 Å². The number of nitrogen functional groups attached to an aromatic ring is 1. The average molecular weight is 200 g/mol. The lowest BCUT2D eigenvalue weighted by atomic mass is 10.2. The fourth-order valence-electron chi connectivity index (χ4n) is 1.57. The molecule has 0 aliphatic rings. The Labute approximate surface area is 84.9 Å². The first-order chi connectivity index (χ1) is 7.34. The Bertz CT molecular complexity index is 597. The summed E-state index contributed by atoms with van der Waals surface area (Å²) in [4.78, 5) is 7.21. The molecule has 0 fully saturated rings. The minimum Gasteiger partial charge on any atom is -0.383 e. The SMILES string of the molecule is Nc1nccc2[nH]c(-c3ccon3)cc12. The summed E-state index contributed by atoms with van der Waals surface area (Å²) in [6.07, 6.45) is 3.20. The molecular formula is C10H8N4O. The van der Waals surface area contributed by atoms with Crippen LogP contribution >= 0.6 is 0 Å². The zero-order chi connectivity index (χ0) is 10.3. The van der Waals surface area contributed by atoms with Crippen molar-refractivity contribution in [2.75, 3.05) is 5.73 Å². The fourth-order valence-corrected chi connectivity index (χ4v) is 1.57. The highest BCUT2D eigenvalue weighted by Gasteiger charge is 2.07. The van der Waals surface area contributed by atoms with E-state index in [0.29, 0.717) is 5.82 Å². The maximum absolute atomic E-state index is 5.75. The molecule has 0 spiro atoms. The van der Waals surface area contributed by atoms with Crippen molar-refractivity contribution in [3.63, 3.8) is 0 Å². The molecule has 0 saturated heterocycles. The molecule has 3 aromatic rings. The van der Waals surface area contributed by atoms with Gasteiger partial charge in [-0.25, -0.2) is 4.98 Å². The van der Waals surface area contributed by atoms with Crippen LogP contribution < -0.4 is 5.73 Å². The van der Waals surface area contributed by atoms with E-state index in [1.165, 1.54) is 6.26 Å². The van der Waals surface area contributed by atoms with E-state index in [0.717, 1.165) is 22.3 Å². The summed E-state index contributed by atoms with van der Waals surface area (Å²) in [7, 11) is 0. The lowest BCUT2D eigenvalue weighted by Crippen LogP contribution is -1.88. The Morgan fingerprint density at radius 3 is 3.00 bits per heavy atom. The summed E-state index contributed by atoms with van der Waals surface area (Å²) in [5, 5.41) is 4.74. The fraction of sp³-hybridized carbons (Fsp3) is 0. The van der Waals surface area contributed by atoms with Crippen molar-refractivity contribution in [1.29, 1.82) is 0 Å². The monoisotopic (exact) mass is 200 g/mol. The van der Waals surface area contributed by atoms with Crippen LogP contribution in [0.4, 0.5) is 5.82 Å². The number of hydrogen-bond donors (Lipinski definition) is 2. The summed E-state index contributed by atoms with van der Waals surface area (Å²) in [6.45, 7) is 0. The van der Waals surface area contributed by atoms with Gasteiger partial charge in [0.25, 0.3) is 0 Å². The quantitative estimate of drug-likeness (QED) is 0.627. The third-order valence-electron chi connectivity index (χ3n) is 2.29. The molecule has 0 bridgehead atoms. The molecule has 15 heavy (non-hydrogen) atoms. The molecule has 5 heteroatoms. The number of nitrogens with zero attached hydrogens (tertiary/aromatic N) is 2. The largest absolute Gasteiger partial charge is 0.383 e. The van der Waals surface area contributed by atoms with Crippen LogP contribution in [-0.2, 0) is 0 Å². The Kier molecular flexibility index (Phi) is 1.53. The van der Waals surface area contributed by atoms with Gasteiger partial charge in [-0.2, -0.15) is 0 Å².